The topological polar surface area (TPSA) is 87.9 Å². The second-order valence-corrected chi connectivity index (χ2v) is 9.30. The predicted octanol–water partition coefficient (Wildman–Crippen LogP) is 6.29. The molecule has 0 aliphatic carbocycles. The molecule has 0 atom stereocenters. The maximum Gasteiger partial charge on any atom is 0.573 e. The van der Waals surface area contributed by atoms with E-state index in [1.807, 2.05) is 18.2 Å². The van der Waals surface area contributed by atoms with E-state index in [4.69, 9.17) is 5.73 Å². The molecule has 0 radical (unpaired) electrons. The fraction of sp³-hybridized carbons (Fsp3) is 0.185. The number of alkyl halides is 3. The van der Waals surface area contributed by atoms with Crippen LogP contribution in [0.5, 0.6) is 5.75 Å². The van der Waals surface area contributed by atoms with Gasteiger partial charge in [-0.05, 0) is 60.9 Å². The number of hydrogen-bond donors (Lipinski definition) is 1. The van der Waals surface area contributed by atoms with Crippen LogP contribution in [0.3, 0.4) is 0 Å². The molecule has 0 spiro atoms. The fourth-order valence-corrected chi connectivity index (χ4v) is 4.44. The van der Waals surface area contributed by atoms with Gasteiger partial charge in [0.2, 0.25) is 0 Å². The molecule has 0 amide bonds. The van der Waals surface area contributed by atoms with Crippen LogP contribution < -0.4 is 15.4 Å². The molecule has 11 heteroatoms. The quantitative estimate of drug-likeness (QED) is 0.218. The van der Waals surface area contributed by atoms with E-state index in [0.717, 1.165) is 35.1 Å². The summed E-state index contributed by atoms with van der Waals surface area (Å²) in [7, 11) is 0. The first-order valence-electron chi connectivity index (χ1n) is 11.7. The van der Waals surface area contributed by atoms with Crippen molar-refractivity contribution in [1.29, 1.82) is 0 Å². The van der Waals surface area contributed by atoms with Crippen LogP contribution in [0.15, 0.2) is 93.0 Å². The van der Waals surface area contributed by atoms with Gasteiger partial charge in [0, 0.05) is 23.5 Å². The molecule has 0 bridgehead atoms. The summed E-state index contributed by atoms with van der Waals surface area (Å²) in [5.41, 5.74) is 10.3. The van der Waals surface area contributed by atoms with Crippen LogP contribution in [0.2, 0.25) is 0 Å². The Kier molecular flexibility index (Phi) is 8.80. The van der Waals surface area contributed by atoms with E-state index in [1.54, 1.807) is 30.1 Å². The van der Waals surface area contributed by atoms with E-state index in [0.29, 0.717) is 11.3 Å². The minimum Gasteiger partial charge on any atom is -0.406 e. The molecule has 7 nitrogen and oxygen atoms in total. The predicted molar refractivity (Wildman–Crippen MR) is 149 cm³/mol. The summed E-state index contributed by atoms with van der Waals surface area (Å²) in [6.07, 6.45) is -0.737. The zero-order valence-electron chi connectivity index (χ0n) is 20.5. The number of benzene rings is 3. The normalized spacial score (nSPS) is 16.1. The highest BCUT2D eigenvalue weighted by atomic mass is 32.2. The molecule has 1 saturated heterocycles. The number of ether oxygens (including phenoxy) is 1. The highest BCUT2D eigenvalue weighted by Crippen LogP contribution is 2.26. The molecule has 38 heavy (non-hydrogen) atoms. The summed E-state index contributed by atoms with van der Waals surface area (Å²) in [5.74, 6) is 0.919. The van der Waals surface area contributed by atoms with Crippen molar-refractivity contribution in [1.82, 2.24) is 0 Å². The number of hydrogen-bond acceptors (Lipinski definition) is 5. The zero-order chi connectivity index (χ0) is 27.0. The minimum atomic E-state index is -4.74. The summed E-state index contributed by atoms with van der Waals surface area (Å²) in [4.78, 5) is 10.4. The maximum absolute atomic E-state index is 12.2. The molecule has 1 fully saturated rings. The number of halogens is 3. The van der Waals surface area contributed by atoms with Crippen LogP contribution >= 0.6 is 11.8 Å². The van der Waals surface area contributed by atoms with Crippen molar-refractivity contribution < 1.29 is 17.9 Å². The Labute approximate surface area is 222 Å². The van der Waals surface area contributed by atoms with Gasteiger partial charge in [0.1, 0.15) is 17.9 Å². The monoisotopic (exact) mass is 538 g/mol. The van der Waals surface area contributed by atoms with Gasteiger partial charge in [-0.1, -0.05) is 48.2 Å². The number of nitrogens with zero attached hydrogens (tertiary/aromatic N) is 5. The van der Waals surface area contributed by atoms with Crippen LogP contribution in [0, 0.1) is 6.92 Å². The standard InChI is InChI=1S/C27H25F3N6OS/c1-19-4-2-5-23(16-19)36-14-3-15-38-26(36)35-34-17-20-6-8-21(9-7-20)25(31)33-18-32-22-10-12-24(13-11-22)37-27(28,29)30/h2,4-13,16-18H,3,14-15H2,1H3,(H2,31,32,33)/b34-17+,35-26-. The van der Waals surface area contributed by atoms with Gasteiger partial charge in [-0.25, -0.2) is 9.98 Å². The molecular weight excluding hydrogens is 513 g/mol. The molecule has 1 heterocycles. The molecule has 0 unspecified atom stereocenters. The van der Waals surface area contributed by atoms with Gasteiger partial charge in [0.05, 0.1) is 11.9 Å². The lowest BCUT2D eigenvalue weighted by Gasteiger charge is -2.29. The molecule has 1 aliphatic rings. The number of amidine groups is 2. The van der Waals surface area contributed by atoms with Gasteiger partial charge >= 0.3 is 6.36 Å². The molecule has 2 N–H and O–H groups in total. The second-order valence-electron chi connectivity index (χ2n) is 8.24. The Hall–Kier alpha value is -4.12. The SMILES string of the molecule is Cc1cccc(N2CCCS/C2=N\N=C\c2ccc(C(N)=NC=Nc3ccc(OC(F)(F)F)cc3)cc2)c1. The lowest BCUT2D eigenvalue weighted by atomic mass is 10.1. The van der Waals surface area contributed by atoms with Gasteiger partial charge in [0.25, 0.3) is 0 Å². The Morgan fingerprint density at radius 1 is 1.05 bits per heavy atom. The van der Waals surface area contributed by atoms with Crippen LogP contribution in [0.1, 0.15) is 23.1 Å². The number of aliphatic imine (C=N–C) groups is 2. The number of aryl methyl sites for hydroxylation is 1. The number of nitrogens with two attached hydrogens (primary N) is 1. The summed E-state index contributed by atoms with van der Waals surface area (Å²) >= 11 is 1.69. The maximum atomic E-state index is 12.2. The Morgan fingerprint density at radius 2 is 1.82 bits per heavy atom. The molecule has 0 saturated carbocycles. The molecule has 3 aromatic rings. The largest absolute Gasteiger partial charge is 0.573 e. The van der Waals surface area contributed by atoms with Crippen LogP contribution in [-0.4, -0.2) is 42.2 Å². The van der Waals surface area contributed by atoms with E-state index < -0.39 is 6.36 Å². The Bertz CT molecular complexity index is 1350. The first-order chi connectivity index (χ1) is 18.3. The zero-order valence-corrected chi connectivity index (χ0v) is 21.3. The van der Waals surface area contributed by atoms with Crippen molar-refractivity contribution in [3.8, 4) is 5.75 Å². The van der Waals surface area contributed by atoms with E-state index >= 15 is 0 Å². The van der Waals surface area contributed by atoms with E-state index in [-0.39, 0.29) is 11.6 Å². The lowest BCUT2D eigenvalue weighted by molar-refractivity contribution is -0.274. The van der Waals surface area contributed by atoms with Gasteiger partial charge in [0.15, 0.2) is 5.17 Å². The third-order valence-corrected chi connectivity index (χ3v) is 6.38. The highest BCUT2D eigenvalue weighted by Gasteiger charge is 2.30. The summed E-state index contributed by atoms with van der Waals surface area (Å²) < 4.78 is 40.6. The minimum absolute atomic E-state index is 0.238. The average molecular weight is 539 g/mol. The molecular formula is C27H25F3N6OS. The summed E-state index contributed by atoms with van der Waals surface area (Å²) in [6, 6.07) is 20.8. The lowest BCUT2D eigenvalue weighted by Crippen LogP contribution is -2.33. The van der Waals surface area contributed by atoms with Crippen LogP contribution in [-0.2, 0) is 0 Å². The van der Waals surface area contributed by atoms with Crippen molar-refractivity contribution in [2.24, 2.45) is 25.9 Å². The van der Waals surface area contributed by atoms with Crippen molar-refractivity contribution in [3.63, 3.8) is 0 Å². The number of rotatable bonds is 7. The van der Waals surface area contributed by atoms with Gasteiger partial charge in [-0.3, -0.25) is 0 Å². The average Bonchev–Trinajstić information content (AvgIpc) is 2.89. The molecule has 196 valence electrons. The van der Waals surface area contributed by atoms with Crippen molar-refractivity contribution in [2.45, 2.75) is 19.7 Å². The second kappa shape index (κ2) is 12.4. The first kappa shape index (κ1) is 26.9. The van der Waals surface area contributed by atoms with Gasteiger partial charge < -0.3 is 15.4 Å². The highest BCUT2D eigenvalue weighted by molar-refractivity contribution is 8.14. The van der Waals surface area contributed by atoms with Gasteiger partial charge in [-0.15, -0.1) is 18.3 Å². The van der Waals surface area contributed by atoms with Gasteiger partial charge in [-0.2, -0.15) is 5.10 Å². The Morgan fingerprint density at radius 3 is 2.53 bits per heavy atom. The first-order valence-corrected chi connectivity index (χ1v) is 12.7. The number of anilines is 1. The molecule has 4 rings (SSSR count). The third kappa shape index (κ3) is 7.94. The van der Waals surface area contributed by atoms with Crippen LogP contribution in [0.4, 0.5) is 24.5 Å². The summed E-state index contributed by atoms with van der Waals surface area (Å²) in [6.45, 7) is 2.97. The molecule has 0 aromatic heterocycles. The van der Waals surface area contributed by atoms with Crippen molar-refractivity contribution in [3.05, 3.63) is 89.5 Å². The van der Waals surface area contributed by atoms with E-state index in [2.05, 4.69) is 54.9 Å². The van der Waals surface area contributed by atoms with Crippen molar-refractivity contribution in [2.75, 3.05) is 17.2 Å². The molecule has 3 aromatic carbocycles. The fourth-order valence-electron chi connectivity index (χ4n) is 3.53. The molecule has 1 aliphatic heterocycles. The van der Waals surface area contributed by atoms with Crippen LogP contribution in [0.25, 0.3) is 0 Å². The van der Waals surface area contributed by atoms with E-state index in [9.17, 15) is 13.2 Å². The Balaban J connectivity index is 1.36. The third-order valence-electron chi connectivity index (χ3n) is 5.33. The van der Waals surface area contributed by atoms with Crippen molar-refractivity contribution >= 4 is 46.7 Å². The summed E-state index contributed by atoms with van der Waals surface area (Å²) in [5, 5.41) is 9.62. The van der Waals surface area contributed by atoms with E-state index in [1.165, 1.54) is 36.2 Å². The number of thioether (sulfide) groups is 1. The smallest absolute Gasteiger partial charge is 0.406 e.